The van der Waals surface area contributed by atoms with Crippen molar-refractivity contribution in [2.45, 2.75) is 6.92 Å². The van der Waals surface area contributed by atoms with Crippen molar-refractivity contribution in [3.05, 3.63) is 0 Å². The van der Waals surface area contributed by atoms with Crippen LogP contribution < -0.4 is 0 Å². The van der Waals surface area contributed by atoms with E-state index in [4.69, 9.17) is 5.26 Å². The molecule has 51 valence electrons. The first-order valence-electron chi connectivity index (χ1n) is 2.91. The average molecular weight is 129 g/mol. The molecule has 0 aromatic rings. The van der Waals surface area contributed by atoms with E-state index < -0.39 is 7.12 Å². The van der Waals surface area contributed by atoms with E-state index in [9.17, 15) is 4.32 Å². The van der Waals surface area contributed by atoms with Crippen molar-refractivity contribution in [1.29, 1.82) is 5.26 Å². The topological polar surface area (TPSA) is 23.8 Å². The van der Waals surface area contributed by atoms with Gasteiger partial charge in [0, 0.05) is 20.6 Å². The summed E-state index contributed by atoms with van der Waals surface area (Å²) >= 11 is 0. The quantitative estimate of drug-likeness (QED) is 0.501. The summed E-state index contributed by atoms with van der Waals surface area (Å²) in [4.78, 5) is 0. The van der Waals surface area contributed by atoms with Crippen LogP contribution in [0.15, 0.2) is 0 Å². The third-order valence-electron chi connectivity index (χ3n) is 1.54. The van der Waals surface area contributed by atoms with Gasteiger partial charge in [-0.1, -0.05) is 5.97 Å². The smallest absolute Gasteiger partial charge is 0.430 e. The number of nitriles is 1. The summed E-state index contributed by atoms with van der Waals surface area (Å²) in [6.45, 7) is 2.48. The van der Waals surface area contributed by atoms with Crippen LogP contribution >= 0.6 is 0 Å². The predicted molar refractivity (Wildman–Crippen MR) is 35.1 cm³/mol. The fourth-order valence-electron chi connectivity index (χ4n) is 0.317. The Morgan fingerprint density at radius 3 is 2.22 bits per heavy atom. The minimum absolute atomic E-state index is 0.122. The molecule has 0 spiro atoms. The molecule has 0 N–H and O–H groups in total. The lowest BCUT2D eigenvalue weighted by atomic mass is 9.85. The van der Waals surface area contributed by atoms with Crippen molar-refractivity contribution in [2.24, 2.45) is 0 Å². The van der Waals surface area contributed by atoms with Crippen molar-refractivity contribution < 1.29 is 8.71 Å². The van der Waals surface area contributed by atoms with Gasteiger partial charge in [0.1, 0.15) is 0 Å². The third-order valence-corrected chi connectivity index (χ3v) is 1.54. The van der Waals surface area contributed by atoms with E-state index in [2.05, 4.69) is 0 Å². The van der Waals surface area contributed by atoms with Crippen molar-refractivity contribution in [2.75, 3.05) is 20.6 Å². The van der Waals surface area contributed by atoms with E-state index in [-0.39, 0.29) is 4.39 Å². The summed E-state index contributed by atoms with van der Waals surface area (Å²) in [7, 11) is 1.98. The summed E-state index contributed by atoms with van der Waals surface area (Å²) in [5, 5.41) is 8.16. The maximum absolute atomic E-state index is 12.5. The van der Waals surface area contributed by atoms with Crippen LogP contribution in [0.5, 0.6) is 0 Å². The highest BCUT2D eigenvalue weighted by Gasteiger charge is 2.17. The van der Waals surface area contributed by atoms with Gasteiger partial charge in [-0.2, -0.15) is 0 Å². The van der Waals surface area contributed by atoms with Crippen molar-refractivity contribution >= 4 is 7.12 Å². The largest absolute Gasteiger partial charge is 0.501 e. The second kappa shape index (κ2) is 2.83. The number of rotatable bonds is 2. The molecule has 0 aliphatic heterocycles. The van der Waals surface area contributed by atoms with Gasteiger partial charge >= 0.3 is 7.12 Å². The number of halogens is 1. The molecule has 9 heavy (non-hydrogen) atoms. The van der Waals surface area contributed by atoms with Crippen LogP contribution in [-0.2, 0) is 0 Å². The molecule has 0 saturated heterocycles. The van der Waals surface area contributed by atoms with Gasteiger partial charge in [-0.15, -0.1) is 0 Å². The third kappa shape index (κ3) is 2.02. The summed E-state index contributed by atoms with van der Waals surface area (Å²) in [5.41, 5.74) is 0. The van der Waals surface area contributed by atoms with Crippen LogP contribution in [0.1, 0.15) is 6.92 Å². The molecule has 0 atom stereocenters. The van der Waals surface area contributed by atoms with Crippen LogP contribution in [0.3, 0.4) is 0 Å². The van der Waals surface area contributed by atoms with Crippen molar-refractivity contribution in [3.63, 3.8) is 0 Å². The van der Waals surface area contributed by atoms with Crippen molar-refractivity contribution in [1.82, 2.24) is 0 Å². The molecule has 0 aliphatic carbocycles. The van der Waals surface area contributed by atoms with E-state index in [1.807, 2.05) is 6.92 Å². The molecule has 0 amide bonds. The lowest BCUT2D eigenvalue weighted by Gasteiger charge is -2.38. The fourth-order valence-corrected chi connectivity index (χ4v) is 0.317. The lowest BCUT2D eigenvalue weighted by Crippen LogP contribution is -2.49. The first-order valence-corrected chi connectivity index (χ1v) is 2.91. The zero-order valence-corrected chi connectivity index (χ0v) is 6.06. The number of quaternary nitrogens is 1. The van der Waals surface area contributed by atoms with E-state index in [0.29, 0.717) is 6.54 Å². The fraction of sp³-hybridized carbons (Fsp3) is 0.800. The molecular formula is C5H11BFN2. The second-order valence-electron chi connectivity index (χ2n) is 2.56. The summed E-state index contributed by atoms with van der Waals surface area (Å²) < 4.78 is 12.6. The minimum Gasteiger partial charge on any atom is -0.501 e. The van der Waals surface area contributed by atoms with Crippen LogP contribution in [0, 0.1) is 11.2 Å². The summed E-state index contributed by atoms with van der Waals surface area (Å²) in [6.07, 6.45) is 0. The van der Waals surface area contributed by atoms with Gasteiger partial charge in [0.15, 0.2) is 0 Å². The molecule has 0 unspecified atom stereocenters. The molecule has 2 nitrogen and oxygen atoms in total. The van der Waals surface area contributed by atoms with Crippen LogP contribution in [0.25, 0.3) is 0 Å². The summed E-state index contributed by atoms with van der Waals surface area (Å²) in [6, 6.07) is 0. The van der Waals surface area contributed by atoms with Gasteiger partial charge in [0.25, 0.3) is 0 Å². The van der Waals surface area contributed by atoms with Gasteiger partial charge in [-0.3, -0.25) is 0 Å². The Bertz CT molecular complexity index is 129. The molecule has 1 radical (unpaired) electrons. The molecular weight excluding hydrogens is 118 g/mol. The molecule has 0 rings (SSSR count). The monoisotopic (exact) mass is 129 g/mol. The number of nitrogens with zero attached hydrogens (tertiary/aromatic N) is 2. The minimum atomic E-state index is -1.39. The van der Waals surface area contributed by atoms with E-state index >= 15 is 0 Å². The standard InChI is InChI=1S/C5H11BFN2/c1-4-9(2,3)6(7)5-8/h4H2,1-3H3. The van der Waals surface area contributed by atoms with Crippen molar-refractivity contribution in [3.8, 4) is 5.97 Å². The van der Waals surface area contributed by atoms with Crippen LogP contribution in [0.2, 0.25) is 0 Å². The Hall–Kier alpha value is -0.555. The Kier molecular flexibility index (Phi) is 2.66. The van der Waals surface area contributed by atoms with Gasteiger partial charge < -0.3 is 8.71 Å². The van der Waals surface area contributed by atoms with Crippen LogP contribution in [0.4, 0.5) is 4.32 Å². The average Bonchev–Trinajstić information content (AvgIpc) is 1.86. The second-order valence-corrected chi connectivity index (χ2v) is 2.56. The molecule has 4 heteroatoms. The predicted octanol–water partition coefficient (Wildman–Crippen LogP) is 0.603. The molecule has 0 saturated carbocycles. The Balaban J connectivity index is 4.01. The van der Waals surface area contributed by atoms with Gasteiger partial charge in [-0.25, -0.2) is 5.26 Å². The zero-order chi connectivity index (χ0) is 7.49. The Morgan fingerprint density at radius 2 is 2.11 bits per heavy atom. The number of hydrogen-bond acceptors (Lipinski definition) is 1. The lowest BCUT2D eigenvalue weighted by molar-refractivity contribution is -0.786. The van der Waals surface area contributed by atoms with E-state index in [1.54, 1.807) is 20.1 Å². The molecule has 0 heterocycles. The molecule has 0 aromatic carbocycles. The van der Waals surface area contributed by atoms with Gasteiger partial charge in [-0.05, 0) is 6.92 Å². The normalized spacial score (nSPS) is 11.6. The SMILES string of the molecule is CC[N+](C)(C)[B-](F)C#N. The maximum Gasteiger partial charge on any atom is 0.430 e. The Labute approximate surface area is 55.6 Å². The highest BCUT2D eigenvalue weighted by atomic mass is 19.1. The van der Waals surface area contributed by atoms with Gasteiger partial charge in [0.05, 0.1) is 0 Å². The highest BCUT2D eigenvalue weighted by molar-refractivity contribution is 6.51. The molecule has 0 aromatic heterocycles. The molecule has 0 fully saturated rings. The van der Waals surface area contributed by atoms with E-state index in [0.717, 1.165) is 0 Å². The molecule has 0 bridgehead atoms. The number of hydrogen-bond donors (Lipinski definition) is 0. The Morgan fingerprint density at radius 1 is 1.67 bits per heavy atom. The first-order chi connectivity index (χ1) is 4.04. The molecule has 0 aliphatic rings. The highest BCUT2D eigenvalue weighted by Crippen LogP contribution is 2.00. The summed E-state index contributed by atoms with van der Waals surface area (Å²) in [5.74, 6) is 1.56. The van der Waals surface area contributed by atoms with Crippen LogP contribution in [-0.4, -0.2) is 32.2 Å². The van der Waals surface area contributed by atoms with E-state index in [1.165, 1.54) is 0 Å². The maximum atomic E-state index is 12.5. The first kappa shape index (κ1) is 8.44. The van der Waals surface area contributed by atoms with Gasteiger partial charge in [0.2, 0.25) is 0 Å². The zero-order valence-electron chi connectivity index (χ0n) is 6.06.